The Balaban J connectivity index is 3.61. The molecule has 4 heteroatoms. The molecule has 0 fully saturated rings. The minimum absolute atomic E-state index is 0.523. The molecule has 0 atom stereocenters. The van der Waals surface area contributed by atoms with Crippen LogP contribution in [0.4, 0.5) is 0 Å². The Morgan fingerprint density at radius 1 is 1.75 bits per heavy atom. The maximum Gasteiger partial charge on any atom is 0.106 e. The molecular formula is C4H8N2O2. The van der Waals surface area contributed by atoms with Gasteiger partial charge in [0.2, 0.25) is 0 Å². The molecule has 0 spiro atoms. The summed E-state index contributed by atoms with van der Waals surface area (Å²) in [7, 11) is 1.43. The van der Waals surface area contributed by atoms with Crippen LogP contribution in [0.15, 0.2) is 10.3 Å². The first-order chi connectivity index (χ1) is 3.81. The lowest BCUT2D eigenvalue weighted by Gasteiger charge is -1.85. The molecule has 0 saturated carbocycles. The predicted molar refractivity (Wildman–Crippen MR) is 30.4 cm³/mol. The molecule has 0 amide bonds. The van der Waals surface area contributed by atoms with E-state index in [1.54, 1.807) is 6.92 Å². The molecule has 0 aliphatic heterocycles. The van der Waals surface area contributed by atoms with Crippen LogP contribution in [-0.2, 0) is 4.84 Å². The van der Waals surface area contributed by atoms with E-state index in [0.29, 0.717) is 5.71 Å². The molecule has 0 aliphatic rings. The Bertz CT molecular complexity index is 109. The van der Waals surface area contributed by atoms with Crippen LogP contribution < -0.4 is 0 Å². The molecule has 0 aromatic heterocycles. The summed E-state index contributed by atoms with van der Waals surface area (Å²) in [6.45, 7) is 1.66. The van der Waals surface area contributed by atoms with Crippen LogP contribution in [0.2, 0.25) is 0 Å². The third kappa shape index (κ3) is 3.14. The van der Waals surface area contributed by atoms with Crippen LogP contribution in [-0.4, -0.2) is 24.2 Å². The summed E-state index contributed by atoms with van der Waals surface area (Å²) >= 11 is 0. The number of nitrogens with zero attached hydrogens (tertiary/aromatic N) is 2. The summed E-state index contributed by atoms with van der Waals surface area (Å²) < 4.78 is 0. The van der Waals surface area contributed by atoms with Gasteiger partial charge in [0.15, 0.2) is 0 Å². The van der Waals surface area contributed by atoms with Gasteiger partial charge in [0.05, 0.1) is 11.9 Å². The van der Waals surface area contributed by atoms with Crippen molar-refractivity contribution in [2.24, 2.45) is 10.3 Å². The maximum absolute atomic E-state index is 7.90. The van der Waals surface area contributed by atoms with Crippen LogP contribution in [0, 0.1) is 0 Å². The van der Waals surface area contributed by atoms with E-state index < -0.39 is 0 Å². The summed E-state index contributed by atoms with van der Waals surface area (Å²) in [5.74, 6) is 0. The highest BCUT2D eigenvalue weighted by Crippen LogP contribution is 1.71. The molecule has 0 unspecified atom stereocenters. The van der Waals surface area contributed by atoms with Gasteiger partial charge in [0, 0.05) is 0 Å². The quantitative estimate of drug-likeness (QED) is 0.324. The average molecular weight is 116 g/mol. The Kier molecular flexibility index (Phi) is 3.56. The largest absolute Gasteiger partial charge is 0.411 e. The Morgan fingerprint density at radius 2 is 2.38 bits per heavy atom. The Labute approximate surface area is 47.4 Å². The van der Waals surface area contributed by atoms with Crippen LogP contribution in [0.25, 0.3) is 0 Å². The number of rotatable bonds is 2. The third-order valence-corrected chi connectivity index (χ3v) is 0.480. The molecule has 8 heavy (non-hydrogen) atoms. The minimum Gasteiger partial charge on any atom is -0.411 e. The van der Waals surface area contributed by atoms with Crippen LogP contribution in [0.3, 0.4) is 0 Å². The van der Waals surface area contributed by atoms with Crippen molar-refractivity contribution in [1.82, 2.24) is 0 Å². The zero-order valence-electron chi connectivity index (χ0n) is 4.83. The lowest BCUT2D eigenvalue weighted by atomic mass is 10.5. The Morgan fingerprint density at radius 3 is 2.75 bits per heavy atom. The normalized spacial score (nSPS) is 12.5. The first-order valence-corrected chi connectivity index (χ1v) is 2.06. The van der Waals surface area contributed by atoms with Gasteiger partial charge in [-0.1, -0.05) is 10.3 Å². The molecule has 1 N–H and O–H groups in total. The van der Waals surface area contributed by atoms with E-state index in [4.69, 9.17) is 5.21 Å². The van der Waals surface area contributed by atoms with Gasteiger partial charge in [-0.05, 0) is 6.92 Å². The molecule has 4 nitrogen and oxygen atoms in total. The van der Waals surface area contributed by atoms with E-state index in [0.717, 1.165) is 0 Å². The van der Waals surface area contributed by atoms with Crippen LogP contribution >= 0.6 is 0 Å². The number of hydrogen-bond acceptors (Lipinski definition) is 4. The van der Waals surface area contributed by atoms with Gasteiger partial charge in [-0.2, -0.15) is 0 Å². The smallest absolute Gasteiger partial charge is 0.106 e. The molecule has 0 bridgehead atoms. The van der Waals surface area contributed by atoms with E-state index >= 15 is 0 Å². The van der Waals surface area contributed by atoms with E-state index in [1.165, 1.54) is 13.3 Å². The highest BCUT2D eigenvalue weighted by atomic mass is 16.6. The van der Waals surface area contributed by atoms with E-state index in [1.807, 2.05) is 0 Å². The molecule has 0 heterocycles. The fraction of sp³-hybridized carbons (Fsp3) is 0.500. The second-order valence-electron chi connectivity index (χ2n) is 1.16. The summed E-state index contributed by atoms with van der Waals surface area (Å²) in [4.78, 5) is 4.34. The van der Waals surface area contributed by atoms with Crippen molar-refractivity contribution < 1.29 is 10.0 Å². The van der Waals surface area contributed by atoms with Crippen molar-refractivity contribution in [1.29, 1.82) is 0 Å². The zero-order chi connectivity index (χ0) is 6.41. The lowest BCUT2D eigenvalue weighted by molar-refractivity contribution is 0.214. The first kappa shape index (κ1) is 6.94. The minimum atomic E-state index is 0.523. The van der Waals surface area contributed by atoms with Crippen molar-refractivity contribution in [3.63, 3.8) is 0 Å². The second-order valence-corrected chi connectivity index (χ2v) is 1.16. The molecule has 0 saturated heterocycles. The highest BCUT2D eigenvalue weighted by molar-refractivity contribution is 6.29. The fourth-order valence-electron chi connectivity index (χ4n) is 0.251. The number of oxime groups is 2. The van der Waals surface area contributed by atoms with E-state index in [-0.39, 0.29) is 0 Å². The summed E-state index contributed by atoms with van der Waals surface area (Å²) in [6, 6.07) is 0. The molecule has 46 valence electrons. The molecule has 0 aliphatic carbocycles. The maximum atomic E-state index is 7.90. The van der Waals surface area contributed by atoms with Crippen molar-refractivity contribution in [2.75, 3.05) is 7.11 Å². The van der Waals surface area contributed by atoms with Gasteiger partial charge < -0.3 is 10.0 Å². The van der Waals surface area contributed by atoms with Crippen LogP contribution in [0.1, 0.15) is 6.92 Å². The summed E-state index contributed by atoms with van der Waals surface area (Å²) in [5, 5.41) is 14.0. The summed E-state index contributed by atoms with van der Waals surface area (Å²) in [5.41, 5.74) is 0.523. The molecule has 0 rings (SSSR count). The lowest BCUT2D eigenvalue weighted by Crippen LogP contribution is -1.91. The van der Waals surface area contributed by atoms with Gasteiger partial charge >= 0.3 is 0 Å². The van der Waals surface area contributed by atoms with Crippen molar-refractivity contribution in [3.05, 3.63) is 0 Å². The first-order valence-electron chi connectivity index (χ1n) is 2.06. The van der Waals surface area contributed by atoms with Gasteiger partial charge in [0.25, 0.3) is 0 Å². The van der Waals surface area contributed by atoms with Crippen molar-refractivity contribution in [3.8, 4) is 0 Å². The van der Waals surface area contributed by atoms with Gasteiger partial charge in [0.1, 0.15) is 7.11 Å². The average Bonchev–Trinajstić information content (AvgIpc) is 1.68. The molecule has 0 aromatic rings. The number of hydrogen-bond donors (Lipinski definition) is 1. The molecule has 0 radical (unpaired) electrons. The van der Waals surface area contributed by atoms with Gasteiger partial charge in [-0.25, -0.2) is 0 Å². The Hall–Kier alpha value is -1.06. The summed E-state index contributed by atoms with van der Waals surface area (Å²) in [6.07, 6.45) is 1.18. The SMILES string of the molecule is CON=C(C)C=NO. The molecular weight excluding hydrogens is 108 g/mol. The predicted octanol–water partition coefficient (Wildman–Crippen LogP) is 0.469. The third-order valence-electron chi connectivity index (χ3n) is 0.480. The topological polar surface area (TPSA) is 54.2 Å². The van der Waals surface area contributed by atoms with E-state index in [9.17, 15) is 0 Å². The van der Waals surface area contributed by atoms with Gasteiger partial charge in [-0.15, -0.1) is 0 Å². The standard InChI is InChI=1S/C4H8N2O2/c1-4(3-5-7)6-8-2/h3,7H,1-2H3. The molecule has 0 aromatic carbocycles. The zero-order valence-corrected chi connectivity index (χ0v) is 4.83. The highest BCUT2D eigenvalue weighted by Gasteiger charge is 1.79. The van der Waals surface area contributed by atoms with Crippen LogP contribution in [0.5, 0.6) is 0 Å². The van der Waals surface area contributed by atoms with Crippen molar-refractivity contribution in [2.45, 2.75) is 6.92 Å². The second kappa shape index (κ2) is 4.11. The van der Waals surface area contributed by atoms with Crippen molar-refractivity contribution >= 4 is 11.9 Å². The van der Waals surface area contributed by atoms with Gasteiger partial charge in [-0.3, -0.25) is 0 Å². The fourth-order valence-corrected chi connectivity index (χ4v) is 0.251. The van der Waals surface area contributed by atoms with E-state index in [2.05, 4.69) is 15.1 Å². The monoisotopic (exact) mass is 116 g/mol.